The molecule has 1 N–H and O–H groups in total. The molecule has 104 valence electrons. The van der Waals surface area contributed by atoms with Crippen LogP contribution < -0.4 is 0 Å². The molecule has 0 aliphatic carbocycles. The predicted octanol–water partition coefficient (Wildman–Crippen LogP) is 3.05. The van der Waals surface area contributed by atoms with Crippen molar-refractivity contribution in [2.24, 2.45) is 0 Å². The highest BCUT2D eigenvalue weighted by Crippen LogP contribution is 2.23. The summed E-state index contributed by atoms with van der Waals surface area (Å²) in [5, 5.41) is 8.59. The Balaban J connectivity index is 3.36. The maximum atomic E-state index is 11.8. The molecular formula is C9H14F6O2. The van der Waals surface area contributed by atoms with Crippen LogP contribution in [-0.4, -0.2) is 36.8 Å². The first-order valence-electron chi connectivity index (χ1n) is 5.02. The molecule has 0 saturated heterocycles. The second-order valence-electron chi connectivity index (χ2n) is 3.57. The van der Waals surface area contributed by atoms with Gasteiger partial charge in [-0.25, -0.2) is 0 Å². The summed E-state index contributed by atoms with van der Waals surface area (Å²) in [5.74, 6) is 0. The summed E-state index contributed by atoms with van der Waals surface area (Å²) < 4.78 is 74.4. The van der Waals surface area contributed by atoms with Gasteiger partial charge in [-0.15, -0.1) is 0 Å². The van der Waals surface area contributed by atoms with E-state index in [1.54, 1.807) is 0 Å². The molecular weight excluding hydrogens is 254 g/mol. The quantitative estimate of drug-likeness (QED) is 0.568. The first kappa shape index (κ1) is 16.5. The van der Waals surface area contributed by atoms with E-state index in [1.807, 2.05) is 0 Å². The van der Waals surface area contributed by atoms with Crippen molar-refractivity contribution in [1.29, 1.82) is 0 Å². The van der Waals surface area contributed by atoms with E-state index in [0.29, 0.717) is 0 Å². The van der Waals surface area contributed by atoms with Crippen molar-refractivity contribution in [2.75, 3.05) is 13.2 Å². The Morgan fingerprint density at radius 2 is 1.53 bits per heavy atom. The van der Waals surface area contributed by atoms with Crippen molar-refractivity contribution in [3.63, 3.8) is 0 Å². The van der Waals surface area contributed by atoms with Gasteiger partial charge in [-0.3, -0.25) is 0 Å². The SMILES string of the molecule is O[C@H](CCCCCOCC(F)(F)F)C(F)(F)F. The molecule has 0 rings (SSSR count). The standard InChI is InChI=1S/C9H14F6O2/c10-8(11,12)6-17-5-3-1-2-4-7(16)9(13,14)15/h7,16H,1-6H2/t7-/m1/s1. The minimum absolute atomic E-state index is 0.0933. The summed E-state index contributed by atoms with van der Waals surface area (Å²) in [6, 6.07) is 0. The number of rotatable bonds is 7. The van der Waals surface area contributed by atoms with Crippen molar-refractivity contribution < 1.29 is 36.2 Å². The van der Waals surface area contributed by atoms with Gasteiger partial charge in [0.25, 0.3) is 0 Å². The van der Waals surface area contributed by atoms with Gasteiger partial charge in [-0.2, -0.15) is 26.3 Å². The molecule has 0 fully saturated rings. The topological polar surface area (TPSA) is 29.5 Å². The molecule has 2 nitrogen and oxygen atoms in total. The monoisotopic (exact) mass is 268 g/mol. The Kier molecular flexibility index (Phi) is 6.84. The van der Waals surface area contributed by atoms with Crippen LogP contribution in [0.15, 0.2) is 0 Å². The molecule has 1 atom stereocenters. The molecule has 0 amide bonds. The van der Waals surface area contributed by atoms with Crippen LogP contribution in [0.2, 0.25) is 0 Å². The lowest BCUT2D eigenvalue weighted by Crippen LogP contribution is -2.28. The van der Waals surface area contributed by atoms with Crippen LogP contribution in [0.4, 0.5) is 26.3 Å². The average molecular weight is 268 g/mol. The summed E-state index contributed by atoms with van der Waals surface area (Å²) in [7, 11) is 0. The maximum absolute atomic E-state index is 11.8. The Hall–Kier alpha value is -0.500. The van der Waals surface area contributed by atoms with Gasteiger partial charge in [0.1, 0.15) is 12.7 Å². The molecule has 0 aromatic heterocycles. The first-order valence-corrected chi connectivity index (χ1v) is 5.02. The second kappa shape index (κ2) is 7.05. The lowest BCUT2D eigenvalue weighted by molar-refractivity contribution is -0.205. The molecule has 0 spiro atoms. The molecule has 17 heavy (non-hydrogen) atoms. The van der Waals surface area contributed by atoms with E-state index in [0.717, 1.165) is 0 Å². The smallest absolute Gasteiger partial charge is 0.384 e. The molecule has 0 aromatic rings. The molecule has 0 unspecified atom stereocenters. The van der Waals surface area contributed by atoms with Crippen LogP contribution in [0, 0.1) is 0 Å². The zero-order valence-corrected chi connectivity index (χ0v) is 8.94. The molecule has 0 heterocycles. The van der Waals surface area contributed by atoms with E-state index in [2.05, 4.69) is 4.74 Å². The lowest BCUT2D eigenvalue weighted by Gasteiger charge is -2.13. The van der Waals surface area contributed by atoms with Crippen molar-refractivity contribution in [3.8, 4) is 0 Å². The van der Waals surface area contributed by atoms with Gasteiger partial charge in [0.15, 0.2) is 0 Å². The first-order chi connectivity index (χ1) is 7.63. The largest absolute Gasteiger partial charge is 0.414 e. The van der Waals surface area contributed by atoms with E-state index in [1.165, 1.54) is 0 Å². The van der Waals surface area contributed by atoms with E-state index >= 15 is 0 Å². The zero-order valence-electron chi connectivity index (χ0n) is 8.94. The van der Waals surface area contributed by atoms with Gasteiger partial charge in [-0.05, 0) is 12.8 Å². The van der Waals surface area contributed by atoms with Gasteiger partial charge in [0, 0.05) is 6.61 Å². The molecule has 0 bridgehead atoms. The third-order valence-electron chi connectivity index (χ3n) is 1.91. The molecule has 8 heteroatoms. The van der Waals surface area contributed by atoms with Crippen molar-refractivity contribution in [3.05, 3.63) is 0 Å². The molecule has 0 saturated carbocycles. The zero-order chi connectivity index (χ0) is 13.5. The van der Waals surface area contributed by atoms with Crippen LogP contribution in [-0.2, 0) is 4.74 Å². The Bertz CT molecular complexity index is 201. The van der Waals surface area contributed by atoms with Crippen LogP contribution in [0.1, 0.15) is 25.7 Å². The fourth-order valence-corrected chi connectivity index (χ4v) is 1.07. The highest BCUT2D eigenvalue weighted by Gasteiger charge is 2.37. The van der Waals surface area contributed by atoms with Gasteiger partial charge in [0.2, 0.25) is 0 Å². The average Bonchev–Trinajstić information content (AvgIpc) is 2.12. The highest BCUT2D eigenvalue weighted by atomic mass is 19.4. The third-order valence-corrected chi connectivity index (χ3v) is 1.91. The summed E-state index contributed by atoms with van der Waals surface area (Å²) in [5.41, 5.74) is 0. The summed E-state index contributed by atoms with van der Waals surface area (Å²) in [6.45, 7) is -1.50. The van der Waals surface area contributed by atoms with Crippen LogP contribution in [0.25, 0.3) is 0 Å². The number of aliphatic hydroxyl groups is 1. The van der Waals surface area contributed by atoms with Gasteiger partial charge in [0.05, 0.1) is 0 Å². The van der Waals surface area contributed by atoms with Crippen molar-refractivity contribution in [2.45, 2.75) is 44.1 Å². The predicted molar refractivity (Wildman–Crippen MR) is 47.4 cm³/mol. The third kappa shape index (κ3) is 10.4. The van der Waals surface area contributed by atoms with E-state index in [-0.39, 0.29) is 25.9 Å². The fraction of sp³-hybridized carbons (Fsp3) is 1.00. The van der Waals surface area contributed by atoms with E-state index in [4.69, 9.17) is 5.11 Å². The molecule has 0 aromatic carbocycles. The molecule has 0 aliphatic heterocycles. The number of hydrogen-bond donors (Lipinski definition) is 1. The minimum Gasteiger partial charge on any atom is -0.384 e. The maximum Gasteiger partial charge on any atom is 0.414 e. The number of halogens is 6. The molecule has 0 radical (unpaired) electrons. The van der Waals surface area contributed by atoms with Crippen LogP contribution in [0.5, 0.6) is 0 Å². The van der Waals surface area contributed by atoms with Crippen LogP contribution in [0.3, 0.4) is 0 Å². The number of hydrogen-bond acceptors (Lipinski definition) is 2. The minimum atomic E-state index is -4.63. The fourth-order valence-electron chi connectivity index (χ4n) is 1.07. The normalized spacial score (nSPS) is 15.0. The number of unbranched alkanes of at least 4 members (excludes halogenated alkanes) is 2. The number of ether oxygens (including phenoxy) is 1. The Morgan fingerprint density at radius 3 is 2.00 bits per heavy atom. The highest BCUT2D eigenvalue weighted by molar-refractivity contribution is 4.64. The van der Waals surface area contributed by atoms with E-state index < -0.39 is 31.5 Å². The van der Waals surface area contributed by atoms with Crippen LogP contribution >= 0.6 is 0 Å². The number of alkyl halides is 6. The number of aliphatic hydroxyl groups excluding tert-OH is 1. The van der Waals surface area contributed by atoms with Crippen molar-refractivity contribution >= 4 is 0 Å². The van der Waals surface area contributed by atoms with Gasteiger partial charge < -0.3 is 9.84 Å². The second-order valence-corrected chi connectivity index (χ2v) is 3.57. The molecule has 0 aliphatic rings. The summed E-state index contributed by atoms with van der Waals surface area (Å²) >= 11 is 0. The summed E-state index contributed by atoms with van der Waals surface area (Å²) in [4.78, 5) is 0. The Morgan fingerprint density at radius 1 is 0.941 bits per heavy atom. The van der Waals surface area contributed by atoms with Gasteiger partial charge >= 0.3 is 12.4 Å². The van der Waals surface area contributed by atoms with E-state index in [9.17, 15) is 26.3 Å². The Labute approximate surface area is 94.6 Å². The summed E-state index contributed by atoms with van der Waals surface area (Å²) in [6.07, 6.45) is -11.2. The lowest BCUT2D eigenvalue weighted by atomic mass is 10.1. The van der Waals surface area contributed by atoms with Crippen molar-refractivity contribution in [1.82, 2.24) is 0 Å². The van der Waals surface area contributed by atoms with Gasteiger partial charge in [-0.1, -0.05) is 12.8 Å².